The molecule has 7 nitrogen and oxygen atoms in total. The maximum Gasteiger partial charge on any atom is 0.223 e. The summed E-state index contributed by atoms with van der Waals surface area (Å²) in [5.41, 5.74) is 0. The van der Waals surface area contributed by atoms with Crippen molar-refractivity contribution < 1.29 is 22.7 Å². The number of ether oxygens (including phenoxy) is 2. The zero-order valence-electron chi connectivity index (χ0n) is 15.8. The Morgan fingerprint density at radius 3 is 2.59 bits per heavy atom. The Kier molecular flexibility index (Phi) is 6.59. The second-order valence-corrected chi connectivity index (χ2v) is 9.22. The maximum absolute atomic E-state index is 12.7. The van der Waals surface area contributed by atoms with Crippen LogP contribution in [-0.4, -0.2) is 64.9 Å². The zero-order chi connectivity index (χ0) is 19.3. The van der Waals surface area contributed by atoms with Gasteiger partial charge in [0.2, 0.25) is 5.91 Å². The molecular weight excluding hydrogens is 368 g/mol. The molecule has 0 spiro atoms. The van der Waals surface area contributed by atoms with E-state index in [1.54, 1.807) is 11.0 Å². The second-order valence-electron chi connectivity index (χ2n) is 7.11. The molecule has 0 unspecified atom stereocenters. The number of carbonyl (C=O) groups is 1. The molecule has 2 aliphatic heterocycles. The van der Waals surface area contributed by atoms with E-state index < -0.39 is 9.84 Å². The number of nitrogens with zero attached hydrogens (tertiary/aromatic N) is 1. The zero-order valence-corrected chi connectivity index (χ0v) is 16.6. The fourth-order valence-electron chi connectivity index (χ4n) is 3.51. The average Bonchev–Trinajstić information content (AvgIpc) is 2.92. The smallest absolute Gasteiger partial charge is 0.223 e. The molecule has 0 atom stereocenters. The summed E-state index contributed by atoms with van der Waals surface area (Å²) in [6.45, 7) is 3.42. The first-order valence-electron chi connectivity index (χ1n) is 9.54. The summed E-state index contributed by atoms with van der Waals surface area (Å²) in [6.07, 6.45) is 2.69. The largest absolute Gasteiger partial charge is 0.490 e. The highest BCUT2D eigenvalue weighted by atomic mass is 32.2. The fourth-order valence-corrected chi connectivity index (χ4v) is 4.75. The lowest BCUT2D eigenvalue weighted by atomic mass is 9.97. The highest BCUT2D eigenvalue weighted by Crippen LogP contribution is 2.32. The minimum Gasteiger partial charge on any atom is -0.490 e. The number of piperidine rings is 1. The van der Waals surface area contributed by atoms with E-state index in [9.17, 15) is 13.2 Å². The van der Waals surface area contributed by atoms with Crippen molar-refractivity contribution >= 4 is 15.7 Å². The summed E-state index contributed by atoms with van der Waals surface area (Å²) < 4.78 is 36.4. The molecule has 0 aliphatic carbocycles. The normalized spacial score (nSPS) is 18.2. The van der Waals surface area contributed by atoms with Crippen molar-refractivity contribution in [3.63, 3.8) is 0 Å². The van der Waals surface area contributed by atoms with E-state index in [-0.39, 0.29) is 23.0 Å². The van der Waals surface area contributed by atoms with E-state index in [0.29, 0.717) is 43.7 Å². The van der Waals surface area contributed by atoms with Gasteiger partial charge in [-0.3, -0.25) is 4.79 Å². The van der Waals surface area contributed by atoms with Gasteiger partial charge in [0.05, 0.1) is 23.9 Å². The number of nitrogens with one attached hydrogen (secondary N) is 1. The Balaban J connectivity index is 1.57. The molecule has 1 fully saturated rings. The minimum absolute atomic E-state index is 0.00741. The van der Waals surface area contributed by atoms with E-state index >= 15 is 0 Å². The molecule has 1 aromatic carbocycles. The minimum atomic E-state index is -3.55. The number of likely N-dealkylation sites (tertiary alicyclic amines) is 1. The van der Waals surface area contributed by atoms with Crippen LogP contribution in [0.15, 0.2) is 23.1 Å². The van der Waals surface area contributed by atoms with Gasteiger partial charge in [-0.25, -0.2) is 8.42 Å². The van der Waals surface area contributed by atoms with Gasteiger partial charge in [0.15, 0.2) is 21.3 Å². The molecule has 2 aliphatic rings. The maximum atomic E-state index is 12.7. The SMILES string of the molecule is CNCC1CCN(C(=O)CCS(=O)(=O)c2ccc3c(c2)OCCCO3)CC1. The van der Waals surface area contributed by atoms with Crippen LogP contribution in [0.4, 0.5) is 0 Å². The molecule has 1 saturated heterocycles. The quantitative estimate of drug-likeness (QED) is 0.784. The third kappa shape index (κ3) is 5.13. The number of fused-ring (bicyclic) bond motifs is 1. The van der Waals surface area contributed by atoms with Crippen molar-refractivity contribution in [1.29, 1.82) is 0 Å². The van der Waals surface area contributed by atoms with Crippen LogP contribution in [0.5, 0.6) is 11.5 Å². The van der Waals surface area contributed by atoms with Crippen LogP contribution in [-0.2, 0) is 14.6 Å². The Labute approximate surface area is 160 Å². The number of benzene rings is 1. The first-order valence-corrected chi connectivity index (χ1v) is 11.2. The van der Waals surface area contributed by atoms with Crippen molar-refractivity contribution in [3.8, 4) is 11.5 Å². The molecular formula is C19H28N2O5S. The van der Waals surface area contributed by atoms with E-state index in [1.807, 2.05) is 7.05 Å². The molecule has 8 heteroatoms. The van der Waals surface area contributed by atoms with Crippen LogP contribution < -0.4 is 14.8 Å². The van der Waals surface area contributed by atoms with Gasteiger partial charge in [-0.1, -0.05) is 0 Å². The molecule has 0 bridgehead atoms. The first-order chi connectivity index (χ1) is 13.0. The summed E-state index contributed by atoms with van der Waals surface area (Å²) in [5.74, 6) is 1.32. The number of carbonyl (C=O) groups excluding carboxylic acids is 1. The van der Waals surface area contributed by atoms with Crippen LogP contribution in [0.25, 0.3) is 0 Å². The summed E-state index contributed by atoms with van der Waals surface area (Å²) >= 11 is 0. The summed E-state index contributed by atoms with van der Waals surface area (Å²) in [5, 5.41) is 3.17. The second kappa shape index (κ2) is 8.93. The molecule has 1 amide bonds. The number of hydrogen-bond acceptors (Lipinski definition) is 6. The van der Waals surface area contributed by atoms with Gasteiger partial charge in [0.25, 0.3) is 0 Å². The van der Waals surface area contributed by atoms with Crippen molar-refractivity contribution in [2.24, 2.45) is 5.92 Å². The Morgan fingerprint density at radius 1 is 1.19 bits per heavy atom. The van der Waals surface area contributed by atoms with Gasteiger partial charge in [-0.15, -0.1) is 0 Å². The number of sulfone groups is 1. The van der Waals surface area contributed by atoms with Gasteiger partial charge < -0.3 is 19.7 Å². The van der Waals surface area contributed by atoms with E-state index in [1.165, 1.54) is 12.1 Å². The van der Waals surface area contributed by atoms with E-state index in [0.717, 1.165) is 25.8 Å². The molecule has 0 aromatic heterocycles. The van der Waals surface area contributed by atoms with Crippen LogP contribution in [0.2, 0.25) is 0 Å². The standard InChI is InChI=1S/C19H28N2O5S/c1-20-14-15-5-8-21(9-6-15)19(22)7-12-27(23,24)16-3-4-17-18(13-16)26-11-2-10-25-17/h3-4,13,15,20H,2,5-12,14H2,1H3. The monoisotopic (exact) mass is 396 g/mol. The summed E-state index contributed by atoms with van der Waals surface area (Å²) in [4.78, 5) is 14.4. The molecule has 1 N–H and O–H groups in total. The highest BCUT2D eigenvalue weighted by Gasteiger charge is 2.25. The topological polar surface area (TPSA) is 84.9 Å². The number of amides is 1. The van der Waals surface area contributed by atoms with Gasteiger partial charge in [-0.05, 0) is 44.5 Å². The summed E-state index contributed by atoms with van der Waals surface area (Å²) in [6, 6.07) is 4.65. The van der Waals surface area contributed by atoms with Crippen molar-refractivity contribution in [2.45, 2.75) is 30.6 Å². The molecule has 0 radical (unpaired) electrons. The lowest BCUT2D eigenvalue weighted by molar-refractivity contribution is -0.132. The third-order valence-corrected chi connectivity index (χ3v) is 6.84. The summed E-state index contributed by atoms with van der Waals surface area (Å²) in [7, 11) is -1.62. The lowest BCUT2D eigenvalue weighted by Crippen LogP contribution is -2.40. The van der Waals surface area contributed by atoms with E-state index in [2.05, 4.69) is 5.32 Å². The van der Waals surface area contributed by atoms with Crippen molar-refractivity contribution in [3.05, 3.63) is 18.2 Å². The predicted molar refractivity (Wildman–Crippen MR) is 102 cm³/mol. The van der Waals surface area contributed by atoms with Crippen LogP contribution in [0.1, 0.15) is 25.7 Å². The first kappa shape index (κ1) is 19.9. The van der Waals surface area contributed by atoms with E-state index in [4.69, 9.17) is 9.47 Å². The van der Waals surface area contributed by atoms with Crippen LogP contribution in [0.3, 0.4) is 0 Å². The number of hydrogen-bond donors (Lipinski definition) is 1. The van der Waals surface area contributed by atoms with Crippen molar-refractivity contribution in [2.75, 3.05) is 45.6 Å². The average molecular weight is 397 g/mol. The van der Waals surface area contributed by atoms with Crippen LogP contribution >= 0.6 is 0 Å². The fraction of sp³-hybridized carbons (Fsp3) is 0.632. The lowest BCUT2D eigenvalue weighted by Gasteiger charge is -2.32. The molecule has 1 aromatic rings. The Bertz CT molecular complexity index is 757. The number of rotatable bonds is 6. The Morgan fingerprint density at radius 2 is 1.89 bits per heavy atom. The highest BCUT2D eigenvalue weighted by molar-refractivity contribution is 7.91. The van der Waals surface area contributed by atoms with Gasteiger partial charge in [-0.2, -0.15) is 0 Å². The van der Waals surface area contributed by atoms with Crippen LogP contribution in [0, 0.1) is 5.92 Å². The van der Waals surface area contributed by atoms with Gasteiger partial charge >= 0.3 is 0 Å². The molecule has 150 valence electrons. The Hall–Kier alpha value is -1.80. The molecule has 2 heterocycles. The predicted octanol–water partition coefficient (Wildman–Crippen LogP) is 1.47. The van der Waals surface area contributed by atoms with Gasteiger partial charge in [0.1, 0.15) is 0 Å². The molecule has 3 rings (SSSR count). The molecule has 0 saturated carbocycles. The van der Waals surface area contributed by atoms with Gasteiger partial charge in [0, 0.05) is 32.0 Å². The third-order valence-electron chi connectivity index (χ3n) is 5.12. The van der Waals surface area contributed by atoms with Crippen molar-refractivity contribution in [1.82, 2.24) is 10.2 Å². The molecule has 27 heavy (non-hydrogen) atoms.